The molecule has 1 aromatic rings. The Kier molecular flexibility index (Phi) is 2.65. The van der Waals surface area contributed by atoms with Gasteiger partial charge in [-0.15, -0.1) is 0 Å². The van der Waals surface area contributed by atoms with Crippen molar-refractivity contribution in [1.29, 1.82) is 0 Å². The smallest absolute Gasteiger partial charge is 0.289 e. The van der Waals surface area contributed by atoms with Crippen LogP contribution in [0.4, 0.5) is 13.2 Å². The molecule has 1 heterocycles. The summed E-state index contributed by atoms with van der Waals surface area (Å²) >= 11 is 0. The van der Waals surface area contributed by atoms with Crippen LogP contribution in [-0.4, -0.2) is 15.9 Å². The van der Waals surface area contributed by atoms with Gasteiger partial charge in [0.05, 0.1) is 0 Å². The molecule has 0 aliphatic rings. The maximum absolute atomic E-state index is 12.0. The van der Waals surface area contributed by atoms with Crippen LogP contribution in [0.25, 0.3) is 0 Å². The molecule has 0 fully saturated rings. The number of nitrogens with one attached hydrogen (secondary N) is 1. The summed E-state index contributed by atoms with van der Waals surface area (Å²) in [5.74, 6) is 2.44. The Bertz CT molecular complexity index is 351. The van der Waals surface area contributed by atoms with Crippen molar-refractivity contribution in [3.05, 3.63) is 23.8 Å². The topological polar surface area (TPSA) is 80.9 Å². The van der Waals surface area contributed by atoms with E-state index in [1.165, 1.54) is 0 Å². The predicted octanol–water partition coefficient (Wildman–Crippen LogP) is 0.0989. The first-order valence-corrected chi connectivity index (χ1v) is 3.36. The summed E-state index contributed by atoms with van der Waals surface area (Å²) in [7, 11) is 0. The van der Waals surface area contributed by atoms with E-state index in [1.807, 2.05) is 0 Å². The standard InChI is InChI=1S/C6H5F3N4O/c7-6(8,9)5-11-2-1-3(12-5)4(14)13-10/h1-2H,10H2,(H,13,14). The molecule has 0 radical (unpaired) electrons. The van der Waals surface area contributed by atoms with Crippen molar-refractivity contribution >= 4 is 5.91 Å². The van der Waals surface area contributed by atoms with Gasteiger partial charge in [-0.25, -0.2) is 15.8 Å². The lowest BCUT2D eigenvalue weighted by Crippen LogP contribution is -2.31. The summed E-state index contributed by atoms with van der Waals surface area (Å²) in [5.41, 5.74) is 1.23. The van der Waals surface area contributed by atoms with Crippen LogP contribution in [0.2, 0.25) is 0 Å². The fourth-order valence-corrected chi connectivity index (χ4v) is 0.696. The Morgan fingerprint density at radius 1 is 1.50 bits per heavy atom. The lowest BCUT2D eigenvalue weighted by atomic mass is 10.4. The average Bonchev–Trinajstić information content (AvgIpc) is 2.15. The highest BCUT2D eigenvalue weighted by Gasteiger charge is 2.35. The zero-order chi connectivity index (χ0) is 10.8. The highest BCUT2D eigenvalue weighted by Crippen LogP contribution is 2.25. The number of hydrazine groups is 1. The average molecular weight is 206 g/mol. The third-order valence-electron chi connectivity index (χ3n) is 1.27. The fraction of sp³-hybridized carbons (Fsp3) is 0.167. The molecule has 0 aliphatic heterocycles. The zero-order valence-corrected chi connectivity index (χ0v) is 6.67. The molecule has 1 aromatic heterocycles. The molecule has 0 atom stereocenters. The van der Waals surface area contributed by atoms with E-state index >= 15 is 0 Å². The van der Waals surface area contributed by atoms with Gasteiger partial charge in [0.15, 0.2) is 0 Å². The zero-order valence-electron chi connectivity index (χ0n) is 6.67. The van der Waals surface area contributed by atoms with Crippen molar-refractivity contribution in [2.75, 3.05) is 0 Å². The Labute approximate surface area is 76.1 Å². The molecule has 3 N–H and O–H groups in total. The van der Waals surface area contributed by atoms with Gasteiger partial charge in [-0.05, 0) is 6.07 Å². The number of carbonyl (C=O) groups is 1. The summed E-state index contributed by atoms with van der Waals surface area (Å²) in [6.45, 7) is 0. The van der Waals surface area contributed by atoms with Crippen LogP contribution >= 0.6 is 0 Å². The monoisotopic (exact) mass is 206 g/mol. The number of nitrogens with two attached hydrogens (primary N) is 1. The summed E-state index contributed by atoms with van der Waals surface area (Å²) in [6.07, 6.45) is -3.84. The second-order valence-corrected chi connectivity index (χ2v) is 2.24. The van der Waals surface area contributed by atoms with Crippen molar-refractivity contribution < 1.29 is 18.0 Å². The van der Waals surface area contributed by atoms with Crippen molar-refractivity contribution in [3.63, 3.8) is 0 Å². The number of hydrogen-bond donors (Lipinski definition) is 2. The van der Waals surface area contributed by atoms with E-state index in [-0.39, 0.29) is 0 Å². The molecule has 14 heavy (non-hydrogen) atoms. The molecule has 0 aliphatic carbocycles. The first-order chi connectivity index (χ1) is 6.45. The molecule has 1 rings (SSSR count). The summed E-state index contributed by atoms with van der Waals surface area (Å²) in [6, 6.07) is 1.03. The molecular formula is C6H5F3N4O. The molecule has 0 bridgehead atoms. The van der Waals surface area contributed by atoms with Crippen LogP contribution in [0, 0.1) is 0 Å². The minimum absolute atomic E-state index is 0.435. The number of halogens is 3. The van der Waals surface area contributed by atoms with Crippen molar-refractivity contribution in [3.8, 4) is 0 Å². The van der Waals surface area contributed by atoms with Gasteiger partial charge < -0.3 is 0 Å². The Balaban J connectivity index is 3.08. The van der Waals surface area contributed by atoms with E-state index in [0.29, 0.717) is 0 Å². The van der Waals surface area contributed by atoms with Crippen LogP contribution < -0.4 is 11.3 Å². The van der Waals surface area contributed by atoms with Crippen LogP contribution in [0.5, 0.6) is 0 Å². The highest BCUT2D eigenvalue weighted by molar-refractivity contribution is 5.91. The third-order valence-corrected chi connectivity index (χ3v) is 1.27. The maximum atomic E-state index is 12.0. The van der Waals surface area contributed by atoms with Crippen LogP contribution in [0.3, 0.4) is 0 Å². The Morgan fingerprint density at radius 2 is 2.14 bits per heavy atom. The quantitative estimate of drug-likeness (QED) is 0.388. The third kappa shape index (κ3) is 2.16. The summed E-state index contributed by atoms with van der Waals surface area (Å²) < 4.78 is 36.1. The van der Waals surface area contributed by atoms with Crippen LogP contribution in [-0.2, 0) is 6.18 Å². The molecule has 5 nitrogen and oxygen atoms in total. The molecular weight excluding hydrogens is 201 g/mol. The maximum Gasteiger partial charge on any atom is 0.451 e. The van der Waals surface area contributed by atoms with Gasteiger partial charge in [0.1, 0.15) is 5.69 Å². The summed E-state index contributed by atoms with van der Waals surface area (Å²) in [5, 5.41) is 0. The normalized spacial score (nSPS) is 11.1. The number of nitrogen functional groups attached to an aromatic ring is 1. The number of hydrogen-bond acceptors (Lipinski definition) is 4. The second-order valence-electron chi connectivity index (χ2n) is 2.24. The molecule has 0 saturated heterocycles. The van der Waals surface area contributed by atoms with Gasteiger partial charge >= 0.3 is 6.18 Å². The first kappa shape index (κ1) is 10.4. The predicted molar refractivity (Wildman–Crippen MR) is 38.7 cm³/mol. The van der Waals surface area contributed by atoms with Gasteiger partial charge in [-0.1, -0.05) is 0 Å². The van der Waals surface area contributed by atoms with E-state index in [2.05, 4.69) is 9.97 Å². The number of alkyl halides is 3. The van der Waals surface area contributed by atoms with E-state index in [1.54, 1.807) is 5.43 Å². The van der Waals surface area contributed by atoms with E-state index in [0.717, 1.165) is 12.3 Å². The van der Waals surface area contributed by atoms with Gasteiger partial charge in [-0.2, -0.15) is 13.2 Å². The molecule has 1 amide bonds. The number of nitrogens with zero attached hydrogens (tertiary/aromatic N) is 2. The van der Waals surface area contributed by atoms with Crippen molar-refractivity contribution in [2.24, 2.45) is 5.84 Å². The molecule has 0 saturated carbocycles. The van der Waals surface area contributed by atoms with Gasteiger partial charge in [0, 0.05) is 6.20 Å². The SMILES string of the molecule is NNC(=O)c1ccnc(C(F)(F)F)n1. The van der Waals surface area contributed by atoms with E-state index in [4.69, 9.17) is 5.84 Å². The minimum Gasteiger partial charge on any atom is -0.289 e. The molecule has 0 spiro atoms. The van der Waals surface area contributed by atoms with Gasteiger partial charge in [-0.3, -0.25) is 10.2 Å². The van der Waals surface area contributed by atoms with Gasteiger partial charge in [0.2, 0.25) is 5.82 Å². The first-order valence-electron chi connectivity index (χ1n) is 3.36. The molecule has 0 aromatic carbocycles. The Morgan fingerprint density at radius 3 is 2.64 bits per heavy atom. The lowest BCUT2D eigenvalue weighted by molar-refractivity contribution is -0.145. The van der Waals surface area contributed by atoms with Crippen LogP contribution in [0.1, 0.15) is 16.3 Å². The van der Waals surface area contributed by atoms with E-state index < -0.39 is 23.6 Å². The van der Waals surface area contributed by atoms with Crippen molar-refractivity contribution in [2.45, 2.75) is 6.18 Å². The lowest BCUT2D eigenvalue weighted by Gasteiger charge is -2.05. The van der Waals surface area contributed by atoms with Crippen LogP contribution in [0.15, 0.2) is 12.3 Å². The van der Waals surface area contributed by atoms with E-state index in [9.17, 15) is 18.0 Å². The molecule has 8 heteroatoms. The largest absolute Gasteiger partial charge is 0.451 e. The summed E-state index contributed by atoms with van der Waals surface area (Å²) in [4.78, 5) is 16.8. The number of carbonyl (C=O) groups excluding carboxylic acids is 1. The minimum atomic E-state index is -4.68. The number of amides is 1. The number of rotatable bonds is 1. The highest BCUT2D eigenvalue weighted by atomic mass is 19.4. The Hall–Kier alpha value is -1.70. The fourth-order valence-electron chi connectivity index (χ4n) is 0.696. The second kappa shape index (κ2) is 3.58. The number of aromatic nitrogens is 2. The van der Waals surface area contributed by atoms with Gasteiger partial charge in [0.25, 0.3) is 5.91 Å². The molecule has 0 unspecified atom stereocenters. The molecule has 76 valence electrons. The van der Waals surface area contributed by atoms with Crippen molar-refractivity contribution in [1.82, 2.24) is 15.4 Å².